The van der Waals surface area contributed by atoms with Gasteiger partial charge in [0.05, 0.1) is 12.2 Å². The van der Waals surface area contributed by atoms with Crippen LogP contribution in [0, 0.1) is 0 Å². The van der Waals surface area contributed by atoms with Gasteiger partial charge in [-0.1, -0.05) is 11.6 Å². The SMILES string of the molecule is O=C1CN(C(=O)C=Cc2c(Cl)nc3sccn23)CCN1. The van der Waals surface area contributed by atoms with Crippen molar-refractivity contribution in [1.29, 1.82) is 0 Å². The third kappa shape index (κ3) is 2.41. The van der Waals surface area contributed by atoms with Crippen molar-refractivity contribution in [3.63, 3.8) is 0 Å². The van der Waals surface area contributed by atoms with Crippen molar-refractivity contribution in [2.75, 3.05) is 19.6 Å². The minimum Gasteiger partial charge on any atom is -0.353 e. The average molecular weight is 311 g/mol. The number of imidazole rings is 1. The molecule has 1 aliphatic rings. The van der Waals surface area contributed by atoms with E-state index in [-0.39, 0.29) is 18.4 Å². The predicted octanol–water partition coefficient (Wildman–Crippen LogP) is 1.02. The van der Waals surface area contributed by atoms with Gasteiger partial charge in [0.25, 0.3) is 0 Å². The van der Waals surface area contributed by atoms with Crippen LogP contribution < -0.4 is 5.32 Å². The average Bonchev–Trinajstić information content (AvgIpc) is 2.97. The van der Waals surface area contributed by atoms with Crippen LogP contribution in [0.25, 0.3) is 11.0 Å². The zero-order valence-electron chi connectivity index (χ0n) is 10.4. The summed E-state index contributed by atoms with van der Waals surface area (Å²) in [5, 5.41) is 4.93. The lowest BCUT2D eigenvalue weighted by molar-refractivity contribution is -0.134. The number of nitrogens with zero attached hydrogens (tertiary/aromatic N) is 3. The summed E-state index contributed by atoms with van der Waals surface area (Å²) < 4.78 is 1.82. The maximum Gasteiger partial charge on any atom is 0.247 e. The second-order valence-corrected chi connectivity index (χ2v) is 5.52. The normalized spacial score (nSPS) is 16.1. The van der Waals surface area contributed by atoms with E-state index in [0.717, 1.165) is 4.96 Å². The Bertz CT molecular complexity index is 705. The fourth-order valence-electron chi connectivity index (χ4n) is 2.01. The van der Waals surface area contributed by atoms with Gasteiger partial charge in [-0.3, -0.25) is 14.0 Å². The summed E-state index contributed by atoms with van der Waals surface area (Å²) in [7, 11) is 0. The standard InChI is InChI=1S/C12H11ClN4O2S/c13-11-8(17-5-6-20-12(17)15-11)1-2-10(19)16-4-3-14-9(18)7-16/h1-2,5-6H,3-4,7H2,(H,14,18). The van der Waals surface area contributed by atoms with E-state index in [9.17, 15) is 9.59 Å². The van der Waals surface area contributed by atoms with Crippen LogP contribution >= 0.6 is 22.9 Å². The molecule has 104 valence electrons. The van der Waals surface area contributed by atoms with Crippen molar-refractivity contribution in [3.05, 3.63) is 28.5 Å². The monoisotopic (exact) mass is 310 g/mol. The quantitative estimate of drug-likeness (QED) is 0.842. The number of halogens is 1. The van der Waals surface area contributed by atoms with Crippen LogP contribution in [0.5, 0.6) is 0 Å². The van der Waals surface area contributed by atoms with E-state index in [1.54, 1.807) is 6.08 Å². The molecule has 3 rings (SSSR count). The third-order valence-corrected chi connectivity index (χ3v) is 4.02. The largest absolute Gasteiger partial charge is 0.353 e. The number of hydrogen-bond acceptors (Lipinski definition) is 4. The first-order valence-electron chi connectivity index (χ1n) is 6.00. The van der Waals surface area contributed by atoms with Crippen molar-refractivity contribution in [1.82, 2.24) is 19.6 Å². The third-order valence-electron chi connectivity index (χ3n) is 2.99. The summed E-state index contributed by atoms with van der Waals surface area (Å²) >= 11 is 7.51. The molecule has 1 saturated heterocycles. The second-order valence-electron chi connectivity index (χ2n) is 4.29. The Morgan fingerprint density at radius 3 is 3.20 bits per heavy atom. The molecule has 0 saturated carbocycles. The van der Waals surface area contributed by atoms with Crippen molar-refractivity contribution in [2.24, 2.45) is 0 Å². The number of amides is 2. The molecular formula is C12H11ClN4O2S. The number of rotatable bonds is 2. The molecule has 0 atom stereocenters. The fraction of sp³-hybridized carbons (Fsp3) is 0.250. The first-order valence-corrected chi connectivity index (χ1v) is 7.25. The number of fused-ring (bicyclic) bond motifs is 1. The summed E-state index contributed by atoms with van der Waals surface area (Å²) in [4.78, 5) is 29.7. The van der Waals surface area contributed by atoms with Crippen LogP contribution in [0.15, 0.2) is 17.7 Å². The highest BCUT2D eigenvalue weighted by Crippen LogP contribution is 2.22. The lowest BCUT2D eigenvalue weighted by atomic mass is 10.3. The fourth-order valence-corrected chi connectivity index (χ4v) is 3.01. The van der Waals surface area contributed by atoms with Gasteiger partial charge in [-0.2, -0.15) is 0 Å². The van der Waals surface area contributed by atoms with Crippen molar-refractivity contribution >= 4 is 45.8 Å². The molecule has 1 N–H and O–H groups in total. The number of carbonyl (C=O) groups is 2. The molecule has 2 amide bonds. The van der Waals surface area contributed by atoms with Crippen LogP contribution in [0.4, 0.5) is 0 Å². The van der Waals surface area contributed by atoms with Crippen molar-refractivity contribution < 1.29 is 9.59 Å². The molecule has 0 radical (unpaired) electrons. The summed E-state index contributed by atoms with van der Waals surface area (Å²) in [5.41, 5.74) is 0.665. The Hall–Kier alpha value is -1.86. The zero-order valence-corrected chi connectivity index (χ0v) is 11.9. The highest BCUT2D eigenvalue weighted by Gasteiger charge is 2.19. The van der Waals surface area contributed by atoms with Gasteiger partial charge in [-0.05, 0) is 6.08 Å². The highest BCUT2D eigenvalue weighted by molar-refractivity contribution is 7.15. The Morgan fingerprint density at radius 1 is 1.55 bits per heavy atom. The molecule has 0 bridgehead atoms. The van der Waals surface area contributed by atoms with E-state index >= 15 is 0 Å². The number of hydrogen-bond donors (Lipinski definition) is 1. The van der Waals surface area contributed by atoms with Gasteiger partial charge < -0.3 is 10.2 Å². The van der Waals surface area contributed by atoms with E-state index in [1.807, 2.05) is 16.0 Å². The summed E-state index contributed by atoms with van der Waals surface area (Å²) in [5.74, 6) is -0.346. The summed E-state index contributed by atoms with van der Waals surface area (Å²) in [6.07, 6.45) is 4.90. The first kappa shape index (κ1) is 13.1. The van der Waals surface area contributed by atoms with Crippen LogP contribution in [0.3, 0.4) is 0 Å². The molecule has 0 spiro atoms. The van der Waals surface area contributed by atoms with E-state index in [4.69, 9.17) is 11.6 Å². The van der Waals surface area contributed by atoms with E-state index in [1.165, 1.54) is 22.3 Å². The number of piperazine rings is 1. The van der Waals surface area contributed by atoms with Crippen molar-refractivity contribution in [2.45, 2.75) is 0 Å². The molecule has 0 aliphatic carbocycles. The molecule has 2 aromatic rings. The molecule has 0 unspecified atom stereocenters. The predicted molar refractivity (Wildman–Crippen MR) is 76.7 cm³/mol. The molecule has 8 heteroatoms. The van der Waals surface area contributed by atoms with Crippen LogP contribution in [0.2, 0.25) is 5.15 Å². The minimum absolute atomic E-state index is 0.0944. The van der Waals surface area contributed by atoms with E-state index in [0.29, 0.717) is 23.9 Å². The molecule has 0 aromatic carbocycles. The Kier molecular flexibility index (Phi) is 3.45. The molecular weight excluding hydrogens is 300 g/mol. The first-order chi connectivity index (χ1) is 9.65. The van der Waals surface area contributed by atoms with E-state index < -0.39 is 0 Å². The Morgan fingerprint density at radius 2 is 2.40 bits per heavy atom. The lowest BCUT2D eigenvalue weighted by Crippen LogP contribution is -2.49. The maximum atomic E-state index is 12.0. The molecule has 3 heterocycles. The highest BCUT2D eigenvalue weighted by atomic mass is 35.5. The van der Waals surface area contributed by atoms with Crippen LogP contribution in [-0.2, 0) is 9.59 Å². The molecule has 6 nitrogen and oxygen atoms in total. The summed E-state index contributed by atoms with van der Waals surface area (Å²) in [6.45, 7) is 1.10. The van der Waals surface area contributed by atoms with Crippen molar-refractivity contribution in [3.8, 4) is 0 Å². The van der Waals surface area contributed by atoms with Gasteiger partial charge in [0, 0.05) is 30.7 Å². The Labute approximate surface area is 123 Å². The number of thiazole rings is 1. The number of nitrogens with one attached hydrogen (secondary N) is 1. The van der Waals surface area contributed by atoms with Crippen LogP contribution in [0.1, 0.15) is 5.69 Å². The molecule has 2 aromatic heterocycles. The topological polar surface area (TPSA) is 66.7 Å². The van der Waals surface area contributed by atoms with E-state index in [2.05, 4.69) is 10.3 Å². The smallest absolute Gasteiger partial charge is 0.247 e. The van der Waals surface area contributed by atoms with Gasteiger partial charge in [-0.15, -0.1) is 11.3 Å². The molecule has 1 aliphatic heterocycles. The molecule has 1 fully saturated rings. The van der Waals surface area contributed by atoms with Gasteiger partial charge >= 0.3 is 0 Å². The molecule has 20 heavy (non-hydrogen) atoms. The van der Waals surface area contributed by atoms with Gasteiger partial charge in [-0.25, -0.2) is 4.98 Å². The maximum absolute atomic E-state index is 12.0. The van der Waals surface area contributed by atoms with Gasteiger partial charge in [0.2, 0.25) is 11.8 Å². The second kappa shape index (κ2) is 5.26. The zero-order chi connectivity index (χ0) is 14.1. The summed E-state index contributed by atoms with van der Waals surface area (Å²) in [6, 6.07) is 0. The number of carbonyl (C=O) groups excluding carboxylic acids is 2. The van der Waals surface area contributed by atoms with Crippen LogP contribution in [-0.4, -0.2) is 45.7 Å². The lowest BCUT2D eigenvalue weighted by Gasteiger charge is -2.25. The minimum atomic E-state index is -0.207. The Balaban J connectivity index is 1.79. The van der Waals surface area contributed by atoms with Gasteiger partial charge in [0.15, 0.2) is 10.1 Å². The van der Waals surface area contributed by atoms with Gasteiger partial charge in [0.1, 0.15) is 0 Å². The number of aromatic nitrogens is 2.